The standard InChI is InChI=1S/C12H13N3O/c1-2-7-15-12(8-13-14-15)11-6-4-3-5-10(11)9-16/h3-6,8-9H,2,7H2,1H3. The van der Waals surface area contributed by atoms with Crippen LogP contribution in [0.2, 0.25) is 0 Å². The van der Waals surface area contributed by atoms with Crippen LogP contribution in [-0.4, -0.2) is 21.3 Å². The molecule has 0 unspecified atom stereocenters. The van der Waals surface area contributed by atoms with Crippen molar-refractivity contribution in [2.45, 2.75) is 19.9 Å². The molecular weight excluding hydrogens is 202 g/mol. The van der Waals surface area contributed by atoms with Gasteiger partial charge in [-0.1, -0.05) is 36.4 Å². The van der Waals surface area contributed by atoms with E-state index in [4.69, 9.17) is 0 Å². The molecule has 0 atom stereocenters. The van der Waals surface area contributed by atoms with Crippen LogP contribution in [0.25, 0.3) is 11.3 Å². The number of hydrogen-bond acceptors (Lipinski definition) is 3. The Morgan fingerprint density at radius 1 is 1.38 bits per heavy atom. The highest BCUT2D eigenvalue weighted by Gasteiger charge is 2.09. The minimum absolute atomic E-state index is 0.669. The molecule has 82 valence electrons. The molecule has 0 radical (unpaired) electrons. The predicted octanol–water partition coefficient (Wildman–Crippen LogP) is 2.17. The van der Waals surface area contributed by atoms with Gasteiger partial charge in [-0.25, -0.2) is 4.68 Å². The fourth-order valence-corrected chi connectivity index (χ4v) is 1.68. The molecule has 0 bridgehead atoms. The highest BCUT2D eigenvalue weighted by atomic mass is 16.1. The Morgan fingerprint density at radius 3 is 2.94 bits per heavy atom. The summed E-state index contributed by atoms with van der Waals surface area (Å²) in [5, 5.41) is 7.90. The van der Waals surface area contributed by atoms with Gasteiger partial charge in [-0.15, -0.1) is 5.10 Å². The highest BCUT2D eigenvalue weighted by Crippen LogP contribution is 2.21. The van der Waals surface area contributed by atoms with E-state index in [1.807, 2.05) is 22.9 Å². The lowest BCUT2D eigenvalue weighted by atomic mass is 10.1. The number of carbonyl (C=O) groups excluding carboxylic acids is 1. The maximum Gasteiger partial charge on any atom is 0.150 e. The van der Waals surface area contributed by atoms with E-state index >= 15 is 0 Å². The number of nitrogens with zero attached hydrogens (tertiary/aromatic N) is 3. The molecule has 0 aliphatic rings. The van der Waals surface area contributed by atoms with E-state index < -0.39 is 0 Å². The zero-order valence-corrected chi connectivity index (χ0v) is 9.13. The van der Waals surface area contributed by atoms with Crippen molar-refractivity contribution in [2.24, 2.45) is 0 Å². The fourth-order valence-electron chi connectivity index (χ4n) is 1.68. The Labute approximate surface area is 93.9 Å². The number of hydrogen-bond donors (Lipinski definition) is 0. The van der Waals surface area contributed by atoms with Crippen molar-refractivity contribution in [1.82, 2.24) is 15.0 Å². The molecule has 2 rings (SSSR count). The molecule has 0 spiro atoms. The zero-order chi connectivity index (χ0) is 11.4. The average molecular weight is 215 g/mol. The van der Waals surface area contributed by atoms with Crippen molar-refractivity contribution in [3.8, 4) is 11.3 Å². The Balaban J connectivity index is 2.49. The molecule has 2 aromatic rings. The van der Waals surface area contributed by atoms with E-state index in [1.54, 1.807) is 12.3 Å². The van der Waals surface area contributed by atoms with Gasteiger partial charge in [0, 0.05) is 17.7 Å². The summed E-state index contributed by atoms with van der Waals surface area (Å²) in [7, 11) is 0. The van der Waals surface area contributed by atoms with Gasteiger partial charge in [0.25, 0.3) is 0 Å². The van der Waals surface area contributed by atoms with E-state index in [9.17, 15) is 4.79 Å². The van der Waals surface area contributed by atoms with E-state index in [2.05, 4.69) is 17.2 Å². The van der Waals surface area contributed by atoms with Gasteiger partial charge in [-0.3, -0.25) is 4.79 Å². The van der Waals surface area contributed by atoms with Crippen LogP contribution in [-0.2, 0) is 6.54 Å². The molecule has 0 saturated carbocycles. The van der Waals surface area contributed by atoms with E-state index in [-0.39, 0.29) is 0 Å². The van der Waals surface area contributed by atoms with Crippen molar-refractivity contribution >= 4 is 6.29 Å². The average Bonchev–Trinajstić information content (AvgIpc) is 2.77. The van der Waals surface area contributed by atoms with Crippen LogP contribution >= 0.6 is 0 Å². The molecule has 0 amide bonds. The molecule has 0 N–H and O–H groups in total. The first-order valence-electron chi connectivity index (χ1n) is 5.30. The topological polar surface area (TPSA) is 47.8 Å². The summed E-state index contributed by atoms with van der Waals surface area (Å²) in [6.07, 6.45) is 3.54. The Kier molecular flexibility index (Phi) is 3.10. The third kappa shape index (κ3) is 1.86. The number of aryl methyl sites for hydroxylation is 1. The summed E-state index contributed by atoms with van der Waals surface area (Å²) in [6.45, 7) is 2.89. The molecule has 0 aliphatic carbocycles. The monoisotopic (exact) mass is 215 g/mol. The molecule has 4 nitrogen and oxygen atoms in total. The SMILES string of the molecule is CCCn1nncc1-c1ccccc1C=O. The maximum atomic E-state index is 10.9. The summed E-state index contributed by atoms with van der Waals surface area (Å²) in [4.78, 5) is 10.9. The number of carbonyl (C=O) groups is 1. The summed E-state index contributed by atoms with van der Waals surface area (Å²) < 4.78 is 1.82. The molecule has 0 aliphatic heterocycles. The van der Waals surface area contributed by atoms with Gasteiger partial charge in [0.05, 0.1) is 11.9 Å². The number of benzene rings is 1. The molecule has 1 aromatic heterocycles. The summed E-state index contributed by atoms with van der Waals surface area (Å²) in [6, 6.07) is 7.47. The Morgan fingerprint density at radius 2 is 2.19 bits per heavy atom. The van der Waals surface area contributed by atoms with Crippen molar-refractivity contribution in [2.75, 3.05) is 0 Å². The molecule has 4 heteroatoms. The number of aromatic nitrogens is 3. The van der Waals surface area contributed by atoms with Gasteiger partial charge in [-0.2, -0.15) is 0 Å². The van der Waals surface area contributed by atoms with Crippen molar-refractivity contribution in [3.05, 3.63) is 36.0 Å². The molecule has 16 heavy (non-hydrogen) atoms. The summed E-state index contributed by atoms with van der Waals surface area (Å²) in [5.74, 6) is 0. The van der Waals surface area contributed by atoms with Crippen molar-refractivity contribution in [1.29, 1.82) is 0 Å². The van der Waals surface area contributed by atoms with Crippen LogP contribution in [0.3, 0.4) is 0 Å². The van der Waals surface area contributed by atoms with E-state index in [0.717, 1.165) is 30.5 Å². The number of aldehydes is 1. The van der Waals surface area contributed by atoms with Gasteiger partial charge in [0.15, 0.2) is 6.29 Å². The first-order chi connectivity index (χ1) is 7.86. The quantitative estimate of drug-likeness (QED) is 0.734. The molecule has 0 fully saturated rings. The molecular formula is C12H13N3O. The predicted molar refractivity (Wildman–Crippen MR) is 61.1 cm³/mol. The van der Waals surface area contributed by atoms with Crippen LogP contribution in [0.15, 0.2) is 30.5 Å². The smallest absolute Gasteiger partial charge is 0.150 e. The number of rotatable bonds is 4. The largest absolute Gasteiger partial charge is 0.298 e. The third-order valence-corrected chi connectivity index (χ3v) is 2.42. The van der Waals surface area contributed by atoms with Crippen LogP contribution in [0.4, 0.5) is 0 Å². The lowest BCUT2D eigenvalue weighted by Crippen LogP contribution is -2.02. The van der Waals surface area contributed by atoms with E-state index in [0.29, 0.717) is 5.56 Å². The second-order valence-electron chi connectivity index (χ2n) is 3.55. The lowest BCUT2D eigenvalue weighted by Gasteiger charge is -2.06. The maximum absolute atomic E-state index is 10.9. The molecule has 0 saturated heterocycles. The van der Waals surface area contributed by atoms with Gasteiger partial charge in [0.2, 0.25) is 0 Å². The third-order valence-electron chi connectivity index (χ3n) is 2.42. The van der Waals surface area contributed by atoms with Crippen molar-refractivity contribution < 1.29 is 4.79 Å². The summed E-state index contributed by atoms with van der Waals surface area (Å²) >= 11 is 0. The van der Waals surface area contributed by atoms with Gasteiger partial charge >= 0.3 is 0 Å². The van der Waals surface area contributed by atoms with Crippen LogP contribution in [0.5, 0.6) is 0 Å². The molecule has 1 aromatic carbocycles. The van der Waals surface area contributed by atoms with Crippen LogP contribution < -0.4 is 0 Å². The molecule has 1 heterocycles. The lowest BCUT2D eigenvalue weighted by molar-refractivity contribution is 0.112. The first kappa shape index (κ1) is 10.5. The van der Waals surface area contributed by atoms with Gasteiger partial charge < -0.3 is 0 Å². The normalized spacial score (nSPS) is 10.3. The fraction of sp³-hybridized carbons (Fsp3) is 0.250. The second kappa shape index (κ2) is 4.70. The summed E-state index contributed by atoms with van der Waals surface area (Å²) in [5.41, 5.74) is 2.45. The Hall–Kier alpha value is -1.97. The van der Waals surface area contributed by atoms with E-state index in [1.165, 1.54) is 0 Å². The first-order valence-corrected chi connectivity index (χ1v) is 5.30. The zero-order valence-electron chi connectivity index (χ0n) is 9.13. The van der Waals surface area contributed by atoms with Crippen molar-refractivity contribution in [3.63, 3.8) is 0 Å². The Bertz CT molecular complexity index is 491. The highest BCUT2D eigenvalue weighted by molar-refractivity contribution is 5.86. The second-order valence-corrected chi connectivity index (χ2v) is 3.55. The van der Waals surface area contributed by atoms with Crippen LogP contribution in [0, 0.1) is 0 Å². The van der Waals surface area contributed by atoms with Crippen LogP contribution in [0.1, 0.15) is 23.7 Å². The van der Waals surface area contributed by atoms with Gasteiger partial charge in [0.1, 0.15) is 0 Å². The minimum atomic E-state index is 0.669. The van der Waals surface area contributed by atoms with Gasteiger partial charge in [-0.05, 0) is 6.42 Å². The minimum Gasteiger partial charge on any atom is -0.298 e.